The van der Waals surface area contributed by atoms with Gasteiger partial charge >= 0.3 is 0 Å². The van der Waals surface area contributed by atoms with Crippen LogP contribution in [0.3, 0.4) is 0 Å². The van der Waals surface area contributed by atoms with Crippen LogP contribution in [0.1, 0.15) is 13.8 Å². The maximum atomic E-state index is 11.8. The van der Waals surface area contributed by atoms with Crippen LogP contribution in [0.25, 0.3) is 0 Å². The highest BCUT2D eigenvalue weighted by atomic mass is 16.5. The summed E-state index contributed by atoms with van der Waals surface area (Å²) in [5, 5.41) is 0. The van der Waals surface area contributed by atoms with Gasteiger partial charge in [-0.1, -0.05) is 13.8 Å². The Balaban J connectivity index is 2.27. The fourth-order valence-corrected chi connectivity index (χ4v) is 1.83. The number of carbonyl (C=O) groups excluding carboxylic acids is 1. The summed E-state index contributed by atoms with van der Waals surface area (Å²) in [6.07, 6.45) is 0. The average Bonchev–Trinajstić information content (AvgIpc) is 2.17. The molecule has 0 aromatic carbocycles. The van der Waals surface area contributed by atoms with Crippen LogP contribution in [0.5, 0.6) is 0 Å². The van der Waals surface area contributed by atoms with E-state index in [4.69, 9.17) is 4.74 Å². The molecule has 1 saturated heterocycles. The third-order valence-electron chi connectivity index (χ3n) is 2.45. The first-order valence-electron chi connectivity index (χ1n) is 5.63. The normalized spacial score (nSPS) is 17.5. The lowest BCUT2D eigenvalue weighted by molar-refractivity contribution is -0.136. The molecule has 0 spiro atoms. The Morgan fingerprint density at radius 3 is 2.53 bits per heavy atom. The minimum atomic E-state index is 0.224. The lowest BCUT2D eigenvalue weighted by Gasteiger charge is -2.29. The van der Waals surface area contributed by atoms with Crippen LogP contribution in [0.2, 0.25) is 0 Å². The van der Waals surface area contributed by atoms with Gasteiger partial charge in [-0.25, -0.2) is 0 Å². The van der Waals surface area contributed by atoms with Gasteiger partial charge in [0.15, 0.2) is 0 Å². The van der Waals surface area contributed by atoms with Crippen molar-refractivity contribution in [1.82, 2.24) is 9.80 Å². The summed E-state index contributed by atoms with van der Waals surface area (Å²) >= 11 is 0. The van der Waals surface area contributed by atoms with Crippen molar-refractivity contribution in [3.05, 3.63) is 0 Å². The average molecular weight is 214 g/mol. The Morgan fingerprint density at radius 1 is 1.40 bits per heavy atom. The summed E-state index contributed by atoms with van der Waals surface area (Å²) < 4.78 is 5.21. The van der Waals surface area contributed by atoms with E-state index in [1.54, 1.807) is 0 Å². The van der Waals surface area contributed by atoms with Gasteiger partial charge in [0.25, 0.3) is 0 Å². The van der Waals surface area contributed by atoms with Gasteiger partial charge in [-0.2, -0.15) is 0 Å². The molecule has 1 aliphatic rings. The van der Waals surface area contributed by atoms with Crippen LogP contribution in [0.15, 0.2) is 0 Å². The minimum Gasteiger partial charge on any atom is -0.378 e. The van der Waals surface area contributed by atoms with E-state index in [1.165, 1.54) is 0 Å². The largest absolute Gasteiger partial charge is 0.378 e. The highest BCUT2D eigenvalue weighted by Gasteiger charge is 2.18. The van der Waals surface area contributed by atoms with Crippen LogP contribution in [0.4, 0.5) is 0 Å². The zero-order valence-corrected chi connectivity index (χ0v) is 10.0. The highest BCUT2D eigenvalue weighted by molar-refractivity contribution is 5.78. The molecule has 0 aliphatic carbocycles. The number of ether oxygens (including phenoxy) is 1. The van der Waals surface area contributed by atoms with Crippen molar-refractivity contribution in [2.75, 3.05) is 46.4 Å². The number of hydrogen-bond acceptors (Lipinski definition) is 3. The molecule has 88 valence electrons. The van der Waals surface area contributed by atoms with Crippen molar-refractivity contribution in [2.24, 2.45) is 5.92 Å². The van der Waals surface area contributed by atoms with E-state index < -0.39 is 0 Å². The molecule has 0 radical (unpaired) electrons. The van der Waals surface area contributed by atoms with Crippen LogP contribution < -0.4 is 0 Å². The number of nitrogens with zero attached hydrogens (tertiary/aromatic N) is 2. The molecule has 0 N–H and O–H groups in total. The summed E-state index contributed by atoms with van der Waals surface area (Å²) in [5.41, 5.74) is 0. The van der Waals surface area contributed by atoms with E-state index in [0.717, 1.165) is 19.6 Å². The molecule has 0 bridgehead atoms. The number of hydrogen-bond donors (Lipinski definition) is 0. The van der Waals surface area contributed by atoms with E-state index in [1.807, 2.05) is 11.9 Å². The second-order valence-electron chi connectivity index (χ2n) is 4.58. The molecule has 1 fully saturated rings. The molecule has 0 unspecified atom stereocenters. The molecule has 1 heterocycles. The number of carbonyl (C=O) groups is 1. The third kappa shape index (κ3) is 4.62. The first kappa shape index (κ1) is 12.5. The van der Waals surface area contributed by atoms with Gasteiger partial charge in [0.2, 0.25) is 5.91 Å². The monoisotopic (exact) mass is 214 g/mol. The Morgan fingerprint density at radius 2 is 2.00 bits per heavy atom. The second-order valence-corrected chi connectivity index (χ2v) is 4.58. The molecule has 1 rings (SSSR count). The Labute approximate surface area is 92.2 Å². The van der Waals surface area contributed by atoms with Crippen LogP contribution in [-0.2, 0) is 9.53 Å². The van der Waals surface area contributed by atoms with Gasteiger partial charge in [-0.05, 0) is 13.0 Å². The molecule has 0 saturated carbocycles. The lowest BCUT2D eigenvalue weighted by Crippen LogP contribution is -2.45. The quantitative estimate of drug-likeness (QED) is 0.680. The minimum absolute atomic E-state index is 0.224. The second kappa shape index (κ2) is 6.08. The zero-order valence-electron chi connectivity index (χ0n) is 10.0. The highest BCUT2D eigenvalue weighted by Crippen LogP contribution is 2.00. The number of morpholine rings is 1. The SMILES string of the molecule is CC(C)CN(C)CC(=O)N1CCOCC1. The molecule has 0 aromatic heterocycles. The zero-order chi connectivity index (χ0) is 11.3. The molecule has 4 nitrogen and oxygen atoms in total. The summed E-state index contributed by atoms with van der Waals surface area (Å²) in [5.74, 6) is 0.828. The fraction of sp³-hybridized carbons (Fsp3) is 0.909. The van der Waals surface area contributed by atoms with Gasteiger partial charge in [0.1, 0.15) is 0 Å². The van der Waals surface area contributed by atoms with Crippen LogP contribution in [-0.4, -0.2) is 62.1 Å². The van der Waals surface area contributed by atoms with Crippen molar-refractivity contribution in [1.29, 1.82) is 0 Å². The Kier molecular flexibility index (Phi) is 5.05. The number of amides is 1. The maximum Gasteiger partial charge on any atom is 0.236 e. The molecule has 15 heavy (non-hydrogen) atoms. The molecule has 1 amide bonds. The molecule has 0 atom stereocenters. The molecular weight excluding hydrogens is 192 g/mol. The van der Waals surface area contributed by atoms with Gasteiger partial charge in [0.05, 0.1) is 19.8 Å². The van der Waals surface area contributed by atoms with Gasteiger partial charge in [-0.3, -0.25) is 9.69 Å². The third-order valence-corrected chi connectivity index (χ3v) is 2.45. The smallest absolute Gasteiger partial charge is 0.236 e. The Hall–Kier alpha value is -0.610. The first-order valence-corrected chi connectivity index (χ1v) is 5.63. The number of rotatable bonds is 4. The lowest BCUT2D eigenvalue weighted by atomic mass is 10.2. The van der Waals surface area contributed by atoms with Crippen LogP contribution >= 0.6 is 0 Å². The van der Waals surface area contributed by atoms with E-state index in [0.29, 0.717) is 25.7 Å². The number of likely N-dealkylation sites (N-methyl/N-ethyl adjacent to an activating group) is 1. The van der Waals surface area contributed by atoms with Crippen LogP contribution in [0, 0.1) is 5.92 Å². The topological polar surface area (TPSA) is 32.8 Å². The molecule has 1 aliphatic heterocycles. The van der Waals surface area contributed by atoms with E-state index in [-0.39, 0.29) is 5.91 Å². The van der Waals surface area contributed by atoms with E-state index >= 15 is 0 Å². The van der Waals surface area contributed by atoms with Crippen molar-refractivity contribution >= 4 is 5.91 Å². The summed E-state index contributed by atoms with van der Waals surface area (Å²) in [4.78, 5) is 15.8. The maximum absolute atomic E-state index is 11.8. The van der Waals surface area contributed by atoms with E-state index in [2.05, 4.69) is 18.7 Å². The van der Waals surface area contributed by atoms with Crippen molar-refractivity contribution < 1.29 is 9.53 Å². The molecule has 0 aromatic rings. The predicted molar refractivity (Wildman–Crippen MR) is 59.7 cm³/mol. The summed E-state index contributed by atoms with van der Waals surface area (Å²) in [6.45, 7) is 8.67. The van der Waals surface area contributed by atoms with Crippen molar-refractivity contribution in [2.45, 2.75) is 13.8 Å². The first-order chi connectivity index (χ1) is 7.09. The standard InChI is InChI=1S/C11H22N2O2/c1-10(2)8-12(3)9-11(14)13-4-6-15-7-5-13/h10H,4-9H2,1-3H3. The van der Waals surface area contributed by atoms with Crippen molar-refractivity contribution in [3.8, 4) is 0 Å². The predicted octanol–water partition coefficient (Wildman–Crippen LogP) is 0.433. The molecule has 4 heteroatoms. The summed E-state index contributed by atoms with van der Waals surface area (Å²) in [7, 11) is 2.00. The van der Waals surface area contributed by atoms with Crippen molar-refractivity contribution in [3.63, 3.8) is 0 Å². The van der Waals surface area contributed by atoms with Gasteiger partial charge in [0, 0.05) is 19.6 Å². The molecular formula is C11H22N2O2. The van der Waals surface area contributed by atoms with Gasteiger partial charge in [-0.15, -0.1) is 0 Å². The fourth-order valence-electron chi connectivity index (χ4n) is 1.83. The van der Waals surface area contributed by atoms with E-state index in [9.17, 15) is 4.79 Å². The Bertz CT molecular complexity index is 201. The van der Waals surface area contributed by atoms with Gasteiger partial charge < -0.3 is 9.64 Å². The summed E-state index contributed by atoms with van der Waals surface area (Å²) in [6, 6.07) is 0.